The first-order valence-corrected chi connectivity index (χ1v) is 11.8. The highest BCUT2D eigenvalue weighted by atomic mass is 16.5. The summed E-state index contributed by atoms with van der Waals surface area (Å²) in [7, 11) is 0. The minimum absolute atomic E-state index is 0.0492. The third-order valence-corrected chi connectivity index (χ3v) is 6.29. The Labute approximate surface area is 203 Å². The fourth-order valence-corrected chi connectivity index (χ4v) is 4.35. The maximum atomic E-state index is 12.4. The van der Waals surface area contributed by atoms with Crippen molar-refractivity contribution in [3.8, 4) is 22.6 Å². The SMILES string of the molecule is O=C(Nc1ccc(-c2cc(N3CCOCC3)nc(-c3cccc(CO)c3)n2)cc1)[C@@H]1C[C@@H](O)CN1. The monoisotopic (exact) mass is 475 g/mol. The van der Waals surface area contributed by atoms with Gasteiger partial charge in [0.25, 0.3) is 0 Å². The van der Waals surface area contributed by atoms with Crippen molar-refractivity contribution in [3.63, 3.8) is 0 Å². The molecule has 0 unspecified atom stereocenters. The minimum atomic E-state index is -0.487. The highest BCUT2D eigenvalue weighted by molar-refractivity contribution is 5.95. The number of ether oxygens (including phenoxy) is 1. The summed E-state index contributed by atoms with van der Waals surface area (Å²) < 4.78 is 5.50. The van der Waals surface area contributed by atoms with E-state index in [9.17, 15) is 15.0 Å². The number of amides is 1. The summed E-state index contributed by atoms with van der Waals surface area (Å²) in [5, 5.41) is 25.1. The van der Waals surface area contributed by atoms with Gasteiger partial charge in [-0.05, 0) is 30.2 Å². The fourth-order valence-electron chi connectivity index (χ4n) is 4.35. The van der Waals surface area contributed by atoms with Crippen molar-refractivity contribution in [2.24, 2.45) is 0 Å². The number of β-amino-alcohol motifs (C(OH)–C–C–N with tert-alkyl or cyclic N) is 1. The Bertz CT molecular complexity index is 1180. The lowest BCUT2D eigenvalue weighted by Crippen LogP contribution is -2.36. The molecule has 0 spiro atoms. The van der Waals surface area contributed by atoms with Gasteiger partial charge in [-0.1, -0.05) is 30.3 Å². The summed E-state index contributed by atoms with van der Waals surface area (Å²) in [4.78, 5) is 24.3. The highest BCUT2D eigenvalue weighted by Crippen LogP contribution is 2.28. The van der Waals surface area contributed by atoms with Crippen LogP contribution >= 0.6 is 0 Å². The van der Waals surface area contributed by atoms with Gasteiger partial charge in [-0.15, -0.1) is 0 Å². The molecule has 2 saturated heterocycles. The number of hydrogen-bond acceptors (Lipinski definition) is 8. The van der Waals surface area contributed by atoms with E-state index in [0.29, 0.717) is 37.7 Å². The molecular formula is C26H29N5O4. The van der Waals surface area contributed by atoms with Crippen LogP contribution in [0.3, 0.4) is 0 Å². The van der Waals surface area contributed by atoms with E-state index in [1.807, 2.05) is 54.6 Å². The molecule has 1 amide bonds. The molecule has 0 bridgehead atoms. The zero-order valence-corrected chi connectivity index (χ0v) is 19.4. The largest absolute Gasteiger partial charge is 0.392 e. The van der Waals surface area contributed by atoms with Gasteiger partial charge in [0.2, 0.25) is 5.91 Å². The molecule has 182 valence electrons. The second-order valence-electron chi connectivity index (χ2n) is 8.81. The Balaban J connectivity index is 1.43. The van der Waals surface area contributed by atoms with Gasteiger partial charge in [-0.25, -0.2) is 9.97 Å². The van der Waals surface area contributed by atoms with Crippen molar-refractivity contribution < 1.29 is 19.7 Å². The van der Waals surface area contributed by atoms with E-state index >= 15 is 0 Å². The Hall–Kier alpha value is -3.37. The molecule has 0 radical (unpaired) electrons. The van der Waals surface area contributed by atoms with E-state index < -0.39 is 6.10 Å². The van der Waals surface area contributed by atoms with E-state index in [1.165, 1.54) is 0 Å². The minimum Gasteiger partial charge on any atom is -0.392 e. The number of carbonyl (C=O) groups excluding carboxylic acids is 1. The molecule has 1 aromatic heterocycles. The Kier molecular flexibility index (Phi) is 7.01. The number of nitrogens with zero attached hydrogens (tertiary/aromatic N) is 3. The molecule has 9 nitrogen and oxygen atoms in total. The number of aromatic nitrogens is 2. The van der Waals surface area contributed by atoms with Crippen LogP contribution in [0.2, 0.25) is 0 Å². The summed E-state index contributed by atoms with van der Waals surface area (Å²) in [6.45, 7) is 3.18. The van der Waals surface area contributed by atoms with Crippen LogP contribution in [0.5, 0.6) is 0 Å². The van der Waals surface area contributed by atoms with Crippen LogP contribution in [-0.2, 0) is 16.1 Å². The zero-order valence-electron chi connectivity index (χ0n) is 19.4. The predicted octanol–water partition coefficient (Wildman–Crippen LogP) is 1.80. The molecule has 3 aromatic rings. The van der Waals surface area contributed by atoms with Crippen LogP contribution in [0.4, 0.5) is 11.5 Å². The third kappa shape index (κ3) is 5.49. The molecule has 2 aromatic carbocycles. The second-order valence-corrected chi connectivity index (χ2v) is 8.81. The van der Waals surface area contributed by atoms with Crippen LogP contribution in [0, 0.1) is 0 Å². The van der Waals surface area contributed by atoms with Crippen molar-refractivity contribution >= 4 is 17.4 Å². The zero-order chi connectivity index (χ0) is 24.2. The lowest BCUT2D eigenvalue weighted by atomic mass is 10.1. The maximum Gasteiger partial charge on any atom is 0.241 e. The Morgan fingerprint density at radius 2 is 1.89 bits per heavy atom. The second kappa shape index (κ2) is 10.5. The number of benzene rings is 2. The first kappa shape index (κ1) is 23.4. The van der Waals surface area contributed by atoms with Crippen molar-refractivity contribution in [3.05, 3.63) is 60.2 Å². The number of aliphatic hydroxyl groups is 2. The first-order chi connectivity index (χ1) is 17.1. The van der Waals surface area contributed by atoms with E-state index in [0.717, 1.165) is 41.3 Å². The number of nitrogens with one attached hydrogen (secondary N) is 2. The number of hydrogen-bond donors (Lipinski definition) is 4. The molecule has 5 rings (SSSR count). The van der Waals surface area contributed by atoms with Crippen LogP contribution < -0.4 is 15.5 Å². The number of morpholine rings is 1. The quantitative estimate of drug-likeness (QED) is 0.426. The molecular weight excluding hydrogens is 446 g/mol. The van der Waals surface area contributed by atoms with Crippen LogP contribution in [0.25, 0.3) is 22.6 Å². The molecule has 35 heavy (non-hydrogen) atoms. The molecule has 2 fully saturated rings. The van der Waals surface area contributed by atoms with Gasteiger partial charge in [-0.3, -0.25) is 4.79 Å². The van der Waals surface area contributed by atoms with Gasteiger partial charge in [0, 0.05) is 42.5 Å². The molecule has 9 heteroatoms. The van der Waals surface area contributed by atoms with Crippen molar-refractivity contribution in [1.82, 2.24) is 15.3 Å². The van der Waals surface area contributed by atoms with Gasteiger partial charge in [0.1, 0.15) is 5.82 Å². The smallest absolute Gasteiger partial charge is 0.241 e. The standard InChI is InChI=1S/C26H29N5O4/c32-16-17-2-1-3-19(12-17)25-29-22(14-24(30-25)31-8-10-35-11-9-31)18-4-6-20(7-5-18)28-26(34)23-13-21(33)15-27-23/h1-7,12,14,21,23,27,32-33H,8-11,13,15-16H2,(H,28,34)/t21-,23+/m1/s1. The lowest BCUT2D eigenvalue weighted by Gasteiger charge is -2.28. The Morgan fingerprint density at radius 1 is 1.09 bits per heavy atom. The van der Waals surface area contributed by atoms with Crippen LogP contribution in [0.15, 0.2) is 54.6 Å². The van der Waals surface area contributed by atoms with E-state index in [-0.39, 0.29) is 18.6 Å². The molecule has 0 saturated carbocycles. The Morgan fingerprint density at radius 3 is 2.60 bits per heavy atom. The summed E-state index contributed by atoms with van der Waals surface area (Å²) in [6.07, 6.45) is -0.0751. The van der Waals surface area contributed by atoms with Crippen molar-refractivity contribution in [2.75, 3.05) is 43.1 Å². The summed E-state index contributed by atoms with van der Waals surface area (Å²) >= 11 is 0. The van der Waals surface area contributed by atoms with Gasteiger partial charge >= 0.3 is 0 Å². The average Bonchev–Trinajstić information content (AvgIpc) is 3.36. The van der Waals surface area contributed by atoms with Crippen molar-refractivity contribution in [2.45, 2.75) is 25.2 Å². The maximum absolute atomic E-state index is 12.4. The molecule has 3 heterocycles. The predicted molar refractivity (Wildman–Crippen MR) is 133 cm³/mol. The van der Waals surface area contributed by atoms with E-state index in [1.54, 1.807) is 0 Å². The summed E-state index contributed by atoms with van der Waals surface area (Å²) in [5.74, 6) is 1.26. The number of anilines is 2. The normalized spacial score (nSPS) is 20.1. The molecule has 2 aliphatic rings. The van der Waals surface area contributed by atoms with Crippen LogP contribution in [0.1, 0.15) is 12.0 Å². The summed E-state index contributed by atoms with van der Waals surface area (Å²) in [6, 6.07) is 16.7. The topological polar surface area (TPSA) is 120 Å². The number of carbonyl (C=O) groups is 1. The van der Waals surface area contributed by atoms with Crippen molar-refractivity contribution in [1.29, 1.82) is 0 Å². The van der Waals surface area contributed by atoms with Gasteiger partial charge in [0.05, 0.1) is 37.7 Å². The third-order valence-electron chi connectivity index (χ3n) is 6.29. The lowest BCUT2D eigenvalue weighted by molar-refractivity contribution is -0.117. The molecule has 2 aliphatic heterocycles. The highest BCUT2D eigenvalue weighted by Gasteiger charge is 2.28. The molecule has 4 N–H and O–H groups in total. The van der Waals surface area contributed by atoms with Gasteiger partial charge in [0.15, 0.2) is 5.82 Å². The molecule has 2 atom stereocenters. The van der Waals surface area contributed by atoms with Gasteiger partial charge in [-0.2, -0.15) is 0 Å². The number of aliphatic hydroxyl groups excluding tert-OH is 2. The molecule has 0 aliphatic carbocycles. The van der Waals surface area contributed by atoms with E-state index in [4.69, 9.17) is 14.7 Å². The average molecular weight is 476 g/mol. The first-order valence-electron chi connectivity index (χ1n) is 11.8. The summed E-state index contributed by atoms with van der Waals surface area (Å²) in [5.41, 5.74) is 3.98. The van der Waals surface area contributed by atoms with E-state index in [2.05, 4.69) is 15.5 Å². The van der Waals surface area contributed by atoms with Crippen LogP contribution in [-0.4, -0.2) is 71.1 Å². The fraction of sp³-hybridized carbons (Fsp3) is 0.346. The van der Waals surface area contributed by atoms with Gasteiger partial charge < -0.3 is 30.5 Å². The number of rotatable bonds is 6.